The lowest BCUT2D eigenvalue weighted by Crippen LogP contribution is -1.89. The van der Waals surface area contributed by atoms with Gasteiger partial charge >= 0.3 is 0 Å². The predicted octanol–water partition coefficient (Wildman–Crippen LogP) is 4.72. The van der Waals surface area contributed by atoms with E-state index in [9.17, 15) is 0 Å². The first-order valence-corrected chi connectivity index (χ1v) is 6.44. The number of hydrogen-bond donors (Lipinski definition) is 0. The summed E-state index contributed by atoms with van der Waals surface area (Å²) in [5, 5.41) is 5.63. The van der Waals surface area contributed by atoms with Crippen LogP contribution in [0.3, 0.4) is 0 Å². The van der Waals surface area contributed by atoms with Crippen molar-refractivity contribution >= 4 is 33.1 Å². The smallest absolute Gasteiger partial charge is 0.108 e. The van der Waals surface area contributed by atoms with E-state index in [1.165, 1.54) is 16.2 Å². The summed E-state index contributed by atoms with van der Waals surface area (Å²) in [6.07, 6.45) is 0.173. The molecule has 2 heteroatoms. The molecule has 1 aliphatic heterocycles. The zero-order valence-electron chi connectivity index (χ0n) is 9.69. The second kappa shape index (κ2) is 3.71. The van der Waals surface area contributed by atoms with Crippen molar-refractivity contribution in [1.82, 2.24) is 0 Å². The van der Waals surface area contributed by atoms with Crippen LogP contribution in [0.25, 0.3) is 21.5 Å². The maximum Gasteiger partial charge on any atom is 0.108 e. The van der Waals surface area contributed by atoms with E-state index in [2.05, 4.69) is 42.5 Å². The van der Waals surface area contributed by atoms with Gasteiger partial charge in [0, 0.05) is 10.9 Å². The van der Waals surface area contributed by atoms with Crippen LogP contribution in [0.1, 0.15) is 11.7 Å². The van der Waals surface area contributed by atoms with E-state index in [1.54, 1.807) is 0 Å². The van der Waals surface area contributed by atoms with Crippen LogP contribution in [0.2, 0.25) is 5.02 Å². The van der Waals surface area contributed by atoms with E-state index in [0.717, 1.165) is 22.6 Å². The van der Waals surface area contributed by atoms with Gasteiger partial charge in [0.05, 0.1) is 11.6 Å². The molecule has 0 N–H and O–H groups in total. The third-order valence-corrected chi connectivity index (χ3v) is 3.97. The molecule has 3 aromatic rings. The Kier molecular flexibility index (Phi) is 2.14. The highest BCUT2D eigenvalue weighted by molar-refractivity contribution is 6.38. The van der Waals surface area contributed by atoms with E-state index in [-0.39, 0.29) is 6.10 Å². The lowest BCUT2D eigenvalue weighted by atomic mass is 9.96. The number of fused-ring (bicyclic) bond motifs is 3. The summed E-state index contributed by atoms with van der Waals surface area (Å²) in [6, 6.07) is 16.7. The minimum Gasteiger partial charge on any atom is -0.368 e. The molecular formula is C16H11ClO. The van der Waals surface area contributed by atoms with Gasteiger partial charge in [-0.1, -0.05) is 60.1 Å². The molecule has 0 aliphatic carbocycles. The second-order valence-electron chi connectivity index (χ2n) is 4.64. The van der Waals surface area contributed by atoms with Crippen LogP contribution in [-0.4, -0.2) is 6.61 Å². The van der Waals surface area contributed by atoms with Crippen molar-refractivity contribution in [2.75, 3.05) is 6.61 Å². The minimum absolute atomic E-state index is 0.173. The van der Waals surface area contributed by atoms with Crippen LogP contribution in [0, 0.1) is 0 Å². The van der Waals surface area contributed by atoms with Crippen LogP contribution in [0.4, 0.5) is 0 Å². The predicted molar refractivity (Wildman–Crippen MR) is 75.2 cm³/mol. The minimum atomic E-state index is 0.173. The lowest BCUT2D eigenvalue weighted by molar-refractivity contribution is 0.417. The topological polar surface area (TPSA) is 12.5 Å². The molecule has 1 nitrogen and oxygen atoms in total. The van der Waals surface area contributed by atoms with Gasteiger partial charge in [-0.15, -0.1) is 0 Å². The van der Waals surface area contributed by atoms with E-state index >= 15 is 0 Å². The third kappa shape index (κ3) is 1.38. The lowest BCUT2D eigenvalue weighted by Gasteiger charge is -2.11. The summed E-state index contributed by atoms with van der Waals surface area (Å²) in [6.45, 7) is 0.780. The molecule has 0 spiro atoms. The SMILES string of the molecule is Clc1c([C@@H]2CO2)c2ccccc2c2ccccc12. The number of epoxide rings is 1. The van der Waals surface area contributed by atoms with Gasteiger partial charge in [-0.2, -0.15) is 0 Å². The maximum absolute atomic E-state index is 6.58. The molecule has 0 saturated carbocycles. The zero-order chi connectivity index (χ0) is 12.1. The fraction of sp³-hybridized carbons (Fsp3) is 0.125. The summed E-state index contributed by atoms with van der Waals surface area (Å²) in [5.74, 6) is 0. The highest BCUT2D eigenvalue weighted by Crippen LogP contribution is 2.44. The van der Waals surface area contributed by atoms with Gasteiger partial charge in [-0.05, 0) is 16.2 Å². The molecule has 0 aromatic heterocycles. The van der Waals surface area contributed by atoms with Crippen LogP contribution in [0.15, 0.2) is 48.5 Å². The second-order valence-corrected chi connectivity index (χ2v) is 5.02. The monoisotopic (exact) mass is 254 g/mol. The number of rotatable bonds is 1. The Morgan fingerprint density at radius 3 is 1.94 bits per heavy atom. The molecule has 3 aromatic carbocycles. The summed E-state index contributed by atoms with van der Waals surface area (Å²) in [5.41, 5.74) is 1.14. The van der Waals surface area contributed by atoms with Crippen molar-refractivity contribution in [3.05, 3.63) is 59.1 Å². The average molecular weight is 255 g/mol. The average Bonchev–Trinajstić information content (AvgIpc) is 3.24. The molecule has 1 atom stereocenters. The Balaban J connectivity index is 2.27. The maximum atomic E-state index is 6.58. The van der Waals surface area contributed by atoms with Crippen LogP contribution in [-0.2, 0) is 4.74 Å². The zero-order valence-corrected chi connectivity index (χ0v) is 10.4. The molecular weight excluding hydrogens is 244 g/mol. The molecule has 0 amide bonds. The Hall–Kier alpha value is -1.57. The molecule has 1 saturated heterocycles. The third-order valence-electron chi connectivity index (χ3n) is 3.56. The van der Waals surface area contributed by atoms with Gasteiger partial charge in [0.15, 0.2) is 0 Å². The fourth-order valence-electron chi connectivity index (χ4n) is 2.66. The molecule has 0 bridgehead atoms. The van der Waals surface area contributed by atoms with Gasteiger partial charge in [0.25, 0.3) is 0 Å². The van der Waals surface area contributed by atoms with Crippen molar-refractivity contribution in [2.24, 2.45) is 0 Å². The van der Waals surface area contributed by atoms with E-state index < -0.39 is 0 Å². The Labute approximate surface area is 110 Å². The Morgan fingerprint density at radius 2 is 1.33 bits per heavy atom. The number of benzene rings is 3. The van der Waals surface area contributed by atoms with Gasteiger partial charge in [0.2, 0.25) is 0 Å². The normalized spacial score (nSPS) is 18.4. The molecule has 1 heterocycles. The van der Waals surface area contributed by atoms with Crippen LogP contribution in [0.5, 0.6) is 0 Å². The van der Waals surface area contributed by atoms with Crippen molar-refractivity contribution in [3.8, 4) is 0 Å². The van der Waals surface area contributed by atoms with Gasteiger partial charge in [-0.25, -0.2) is 0 Å². The van der Waals surface area contributed by atoms with E-state index in [0.29, 0.717) is 0 Å². The summed E-state index contributed by atoms with van der Waals surface area (Å²) in [4.78, 5) is 0. The summed E-state index contributed by atoms with van der Waals surface area (Å²) >= 11 is 6.58. The van der Waals surface area contributed by atoms with E-state index in [4.69, 9.17) is 16.3 Å². The quantitative estimate of drug-likeness (QED) is 0.452. The number of hydrogen-bond acceptors (Lipinski definition) is 1. The van der Waals surface area contributed by atoms with Crippen LogP contribution >= 0.6 is 11.6 Å². The van der Waals surface area contributed by atoms with Crippen LogP contribution < -0.4 is 0 Å². The van der Waals surface area contributed by atoms with Gasteiger partial charge in [-0.3, -0.25) is 0 Å². The highest BCUT2D eigenvalue weighted by atomic mass is 35.5. The molecule has 0 radical (unpaired) electrons. The summed E-state index contributed by atoms with van der Waals surface area (Å²) < 4.78 is 5.45. The molecule has 88 valence electrons. The standard InChI is InChI=1S/C16H11ClO/c17-16-13-8-4-2-6-11(13)10-5-1-3-7-12(10)15(16)14-9-18-14/h1-8,14H,9H2/t14-/m0/s1. The number of ether oxygens (including phenoxy) is 1. The van der Waals surface area contributed by atoms with E-state index in [1.807, 2.05) is 6.07 Å². The van der Waals surface area contributed by atoms with Crippen molar-refractivity contribution in [2.45, 2.75) is 6.10 Å². The summed E-state index contributed by atoms with van der Waals surface area (Å²) in [7, 11) is 0. The first-order valence-electron chi connectivity index (χ1n) is 6.06. The fourth-order valence-corrected chi connectivity index (χ4v) is 3.04. The molecule has 18 heavy (non-hydrogen) atoms. The molecule has 1 fully saturated rings. The van der Waals surface area contributed by atoms with Crippen molar-refractivity contribution in [1.29, 1.82) is 0 Å². The Morgan fingerprint density at radius 1 is 0.833 bits per heavy atom. The largest absolute Gasteiger partial charge is 0.368 e. The molecule has 0 unspecified atom stereocenters. The molecule has 1 aliphatic rings. The van der Waals surface area contributed by atoms with Crippen molar-refractivity contribution in [3.63, 3.8) is 0 Å². The highest BCUT2D eigenvalue weighted by Gasteiger charge is 2.30. The first kappa shape index (κ1) is 10.4. The molecule has 4 rings (SSSR count). The first-order chi connectivity index (χ1) is 8.86. The van der Waals surface area contributed by atoms with Gasteiger partial charge in [0.1, 0.15) is 6.10 Å². The van der Waals surface area contributed by atoms with Gasteiger partial charge < -0.3 is 4.74 Å². The Bertz CT molecular complexity index is 759. The number of halogens is 1. The van der Waals surface area contributed by atoms with Crippen molar-refractivity contribution < 1.29 is 4.74 Å².